The van der Waals surface area contributed by atoms with Crippen molar-refractivity contribution in [3.05, 3.63) is 93.1 Å². The van der Waals surface area contributed by atoms with Crippen LogP contribution in [-0.4, -0.2) is 60.1 Å². The van der Waals surface area contributed by atoms with Gasteiger partial charge in [-0.15, -0.1) is 0 Å². The highest BCUT2D eigenvalue weighted by Gasteiger charge is 2.35. The van der Waals surface area contributed by atoms with Crippen LogP contribution in [-0.2, 0) is 9.53 Å². The van der Waals surface area contributed by atoms with Gasteiger partial charge in [-0.1, -0.05) is 36.4 Å². The van der Waals surface area contributed by atoms with Crippen molar-refractivity contribution in [2.75, 3.05) is 44.4 Å². The average molecular weight is 633 g/mol. The van der Waals surface area contributed by atoms with Gasteiger partial charge in [-0.05, 0) is 88.9 Å². The lowest BCUT2D eigenvalue weighted by Crippen LogP contribution is -2.36. The smallest absolute Gasteiger partial charge is 0.293 e. The Balaban J connectivity index is 1.17. The maximum atomic E-state index is 13.2. The number of carbonyl (C=O) groups is 2. The molecule has 0 saturated carbocycles. The number of benzene rings is 3. The summed E-state index contributed by atoms with van der Waals surface area (Å²) in [5.74, 6) is 0.451. The number of aromatic nitrogens is 1. The van der Waals surface area contributed by atoms with Crippen LogP contribution in [0.25, 0.3) is 22.5 Å². The number of ether oxygens (including phenoxy) is 2. The number of halogens is 1. The summed E-state index contributed by atoms with van der Waals surface area (Å²) in [5, 5.41) is 1.80. The number of amides is 2. The van der Waals surface area contributed by atoms with E-state index < -0.39 is 0 Å². The molecule has 0 atom stereocenters. The van der Waals surface area contributed by atoms with E-state index in [-0.39, 0.29) is 24.3 Å². The van der Waals surface area contributed by atoms with Crippen molar-refractivity contribution in [1.29, 1.82) is 0 Å². The van der Waals surface area contributed by atoms with E-state index in [2.05, 4.69) is 49.7 Å². The van der Waals surface area contributed by atoms with Crippen molar-refractivity contribution in [2.24, 2.45) is 0 Å². The van der Waals surface area contributed by atoms with Crippen molar-refractivity contribution < 1.29 is 19.1 Å². The number of carbonyl (C=O) groups excluding carboxylic acids is 2. The van der Waals surface area contributed by atoms with E-state index >= 15 is 0 Å². The number of nitrogens with zero attached hydrogens (tertiary/aromatic N) is 3. The summed E-state index contributed by atoms with van der Waals surface area (Å²) < 4.78 is 14.7. The second kappa shape index (κ2) is 11.8. The van der Waals surface area contributed by atoms with Gasteiger partial charge in [0.2, 0.25) is 0 Å². The Kier molecular flexibility index (Phi) is 7.92. The lowest BCUT2D eigenvalue weighted by atomic mass is 10.1. The Hall–Kier alpha value is -3.53. The Morgan fingerprint density at radius 3 is 2.59 bits per heavy atom. The third kappa shape index (κ3) is 5.54. The highest BCUT2D eigenvalue weighted by molar-refractivity contribution is 9.10. The number of anilines is 1. The maximum absolute atomic E-state index is 13.2. The van der Waals surface area contributed by atoms with Gasteiger partial charge >= 0.3 is 0 Å². The molecule has 210 valence electrons. The van der Waals surface area contributed by atoms with Gasteiger partial charge in [0.05, 0.1) is 30.4 Å². The van der Waals surface area contributed by atoms with Gasteiger partial charge in [-0.25, -0.2) is 0 Å². The number of morpholine rings is 1. The minimum absolute atomic E-state index is 0.188. The van der Waals surface area contributed by atoms with Crippen molar-refractivity contribution in [2.45, 2.75) is 13.8 Å². The van der Waals surface area contributed by atoms with E-state index in [4.69, 9.17) is 9.47 Å². The molecule has 3 heterocycles. The molecule has 2 aliphatic heterocycles. The fourth-order valence-corrected chi connectivity index (χ4v) is 6.90. The van der Waals surface area contributed by atoms with E-state index in [0.717, 1.165) is 87.4 Å². The number of fused-ring (bicyclic) bond motifs is 1. The van der Waals surface area contributed by atoms with Crippen LogP contribution in [0, 0.1) is 13.8 Å². The first-order valence-electron chi connectivity index (χ1n) is 13.6. The molecule has 7 nitrogen and oxygen atoms in total. The molecule has 2 aliphatic rings. The second-order valence-corrected chi connectivity index (χ2v) is 11.9. The van der Waals surface area contributed by atoms with Gasteiger partial charge in [0.15, 0.2) is 0 Å². The Labute approximate surface area is 251 Å². The van der Waals surface area contributed by atoms with Crippen LogP contribution in [0.1, 0.15) is 17.0 Å². The molecule has 2 saturated heterocycles. The van der Waals surface area contributed by atoms with Crippen LogP contribution >= 0.6 is 27.7 Å². The first-order chi connectivity index (χ1) is 19.9. The van der Waals surface area contributed by atoms with E-state index in [9.17, 15) is 9.59 Å². The zero-order valence-corrected chi connectivity index (χ0v) is 25.3. The normalized spacial score (nSPS) is 16.8. The Morgan fingerprint density at radius 1 is 1.00 bits per heavy atom. The number of rotatable bonds is 7. The molecule has 6 rings (SSSR count). The van der Waals surface area contributed by atoms with E-state index in [1.54, 1.807) is 0 Å². The van der Waals surface area contributed by atoms with Gasteiger partial charge in [0.25, 0.3) is 11.1 Å². The van der Waals surface area contributed by atoms with Crippen LogP contribution < -0.4 is 9.64 Å². The number of aryl methyl sites for hydroxylation is 1. The molecular formula is C32H30BrN3O4S. The van der Waals surface area contributed by atoms with Gasteiger partial charge in [0, 0.05) is 40.0 Å². The van der Waals surface area contributed by atoms with Crippen molar-refractivity contribution >= 4 is 61.4 Å². The fraction of sp³-hybridized carbons (Fsp3) is 0.250. The van der Waals surface area contributed by atoms with Crippen LogP contribution in [0.4, 0.5) is 10.5 Å². The SMILES string of the molecule is Cc1cc(/C=C2\SC(=O)N(CCOc3cccc4ccccc34)C2=O)c(C)n1-c1ccc(N2CCOCC2)c(Br)c1. The molecule has 9 heteroatoms. The zero-order chi connectivity index (χ0) is 28.5. The summed E-state index contributed by atoms with van der Waals surface area (Å²) >= 11 is 4.74. The minimum Gasteiger partial charge on any atom is -0.491 e. The largest absolute Gasteiger partial charge is 0.491 e. The summed E-state index contributed by atoms with van der Waals surface area (Å²) in [6, 6.07) is 22.3. The monoisotopic (exact) mass is 631 g/mol. The number of hydrogen-bond acceptors (Lipinski definition) is 6. The second-order valence-electron chi connectivity index (χ2n) is 10.1. The van der Waals surface area contributed by atoms with E-state index in [1.165, 1.54) is 4.90 Å². The van der Waals surface area contributed by atoms with Crippen molar-refractivity contribution in [3.8, 4) is 11.4 Å². The van der Waals surface area contributed by atoms with Gasteiger partial charge < -0.3 is 18.9 Å². The highest BCUT2D eigenvalue weighted by atomic mass is 79.9. The number of thioether (sulfide) groups is 1. The van der Waals surface area contributed by atoms with Crippen LogP contribution in [0.2, 0.25) is 0 Å². The van der Waals surface area contributed by atoms with E-state index in [0.29, 0.717) is 4.91 Å². The van der Waals surface area contributed by atoms with Crippen LogP contribution in [0.3, 0.4) is 0 Å². The zero-order valence-electron chi connectivity index (χ0n) is 22.9. The Morgan fingerprint density at radius 2 is 1.78 bits per heavy atom. The van der Waals surface area contributed by atoms with Crippen LogP contribution in [0.15, 0.2) is 76.1 Å². The average Bonchev–Trinajstić information content (AvgIpc) is 3.41. The van der Waals surface area contributed by atoms with Crippen molar-refractivity contribution in [1.82, 2.24) is 9.47 Å². The molecular weight excluding hydrogens is 602 g/mol. The first kappa shape index (κ1) is 27.6. The first-order valence-corrected chi connectivity index (χ1v) is 15.2. The lowest BCUT2D eigenvalue weighted by Gasteiger charge is -2.30. The molecule has 0 aliphatic carbocycles. The molecule has 2 fully saturated rings. The predicted octanol–water partition coefficient (Wildman–Crippen LogP) is 6.96. The summed E-state index contributed by atoms with van der Waals surface area (Å²) in [7, 11) is 0. The van der Waals surface area contributed by atoms with E-state index in [1.807, 2.05) is 62.4 Å². The molecule has 0 bridgehead atoms. The molecule has 0 unspecified atom stereocenters. The molecule has 0 radical (unpaired) electrons. The summed E-state index contributed by atoms with van der Waals surface area (Å²) in [6.07, 6.45) is 1.83. The quantitative estimate of drug-likeness (QED) is 0.205. The van der Waals surface area contributed by atoms with Crippen LogP contribution in [0.5, 0.6) is 5.75 Å². The number of imide groups is 1. The summed E-state index contributed by atoms with van der Waals surface area (Å²) in [6.45, 7) is 7.69. The Bertz CT molecular complexity index is 1670. The molecule has 1 aromatic heterocycles. The minimum atomic E-state index is -0.288. The predicted molar refractivity (Wildman–Crippen MR) is 168 cm³/mol. The molecule has 4 aromatic rings. The van der Waals surface area contributed by atoms with Crippen molar-refractivity contribution in [3.63, 3.8) is 0 Å². The fourth-order valence-electron chi connectivity index (χ4n) is 5.43. The molecule has 3 aromatic carbocycles. The summed E-state index contributed by atoms with van der Waals surface area (Å²) in [4.78, 5) is 30.0. The lowest BCUT2D eigenvalue weighted by molar-refractivity contribution is -0.123. The third-order valence-electron chi connectivity index (χ3n) is 7.49. The topological polar surface area (TPSA) is 64.0 Å². The van der Waals surface area contributed by atoms with Gasteiger partial charge in [-0.3, -0.25) is 14.5 Å². The number of hydrogen-bond donors (Lipinski definition) is 0. The maximum Gasteiger partial charge on any atom is 0.293 e. The molecule has 0 spiro atoms. The highest BCUT2D eigenvalue weighted by Crippen LogP contribution is 2.35. The van der Waals surface area contributed by atoms with Gasteiger partial charge in [0.1, 0.15) is 12.4 Å². The third-order valence-corrected chi connectivity index (χ3v) is 9.04. The summed E-state index contributed by atoms with van der Waals surface area (Å²) in [5.41, 5.74) is 5.13. The standard InChI is InChI=1S/C32H30BrN3O4S/c1-21-18-24(22(2)36(21)25-10-11-28(27(33)20-25)34-12-15-39-16-13-34)19-30-31(37)35(32(38)41-30)14-17-40-29-9-5-7-23-6-3-4-8-26(23)29/h3-11,18-20H,12-17H2,1-2H3/b30-19-. The molecule has 2 amide bonds. The molecule has 0 N–H and O–H groups in total. The van der Waals surface area contributed by atoms with Gasteiger partial charge in [-0.2, -0.15) is 0 Å². The molecule has 41 heavy (non-hydrogen) atoms.